The zero-order valence-electron chi connectivity index (χ0n) is 17.9. The van der Waals surface area contributed by atoms with Crippen molar-refractivity contribution in [3.63, 3.8) is 0 Å². The summed E-state index contributed by atoms with van der Waals surface area (Å²) in [5.74, 6) is 1.06. The minimum Gasteiger partial charge on any atom is -0.497 e. The van der Waals surface area contributed by atoms with E-state index in [1.165, 1.54) is 17.7 Å². The monoisotopic (exact) mass is 414 g/mol. The van der Waals surface area contributed by atoms with Gasteiger partial charge in [0.1, 0.15) is 11.8 Å². The first-order valence-corrected chi connectivity index (χ1v) is 10.6. The Bertz CT molecular complexity index is 811. The van der Waals surface area contributed by atoms with Gasteiger partial charge in [0.25, 0.3) is 5.91 Å². The van der Waals surface area contributed by atoms with Gasteiger partial charge in [-0.05, 0) is 42.3 Å². The molecule has 1 aromatic carbocycles. The molecular weight excluding hydrogens is 382 g/mol. The van der Waals surface area contributed by atoms with Crippen LogP contribution < -0.4 is 20.3 Å². The van der Waals surface area contributed by atoms with Crippen LogP contribution in [0.1, 0.15) is 48.8 Å². The minimum absolute atomic E-state index is 0.0478. The molecule has 1 aliphatic heterocycles. The highest BCUT2D eigenvalue weighted by atomic mass is 16.5. The molecule has 0 radical (unpaired) electrons. The van der Waals surface area contributed by atoms with E-state index in [4.69, 9.17) is 9.15 Å². The van der Waals surface area contributed by atoms with E-state index in [2.05, 4.69) is 10.6 Å². The second-order valence-electron chi connectivity index (χ2n) is 8.10. The van der Waals surface area contributed by atoms with Gasteiger partial charge in [-0.1, -0.05) is 13.8 Å². The van der Waals surface area contributed by atoms with Crippen molar-refractivity contribution >= 4 is 11.8 Å². The summed E-state index contributed by atoms with van der Waals surface area (Å²) in [7, 11) is 1.58. The van der Waals surface area contributed by atoms with Gasteiger partial charge < -0.3 is 24.7 Å². The number of amides is 2. The summed E-state index contributed by atoms with van der Waals surface area (Å²) in [6.07, 6.45) is 4.05. The Labute approximate surface area is 177 Å². The average molecular weight is 415 g/mol. The highest BCUT2D eigenvalue weighted by Gasteiger charge is 2.31. The third-order valence-electron chi connectivity index (χ3n) is 5.69. The molecule has 0 aliphatic carbocycles. The first kappa shape index (κ1) is 21.9. The van der Waals surface area contributed by atoms with Crippen molar-refractivity contribution in [3.05, 3.63) is 54.0 Å². The summed E-state index contributed by atoms with van der Waals surface area (Å²) in [5, 5.41) is 5.93. The van der Waals surface area contributed by atoms with E-state index in [1.54, 1.807) is 37.6 Å². The van der Waals surface area contributed by atoms with Gasteiger partial charge in [-0.15, -0.1) is 0 Å². The number of carbonyl (C=O) groups is 2. The molecule has 0 spiro atoms. The average Bonchev–Trinajstić information content (AvgIpc) is 3.46. The van der Waals surface area contributed by atoms with Crippen LogP contribution in [0.25, 0.3) is 0 Å². The van der Waals surface area contributed by atoms with Crippen molar-refractivity contribution in [1.29, 1.82) is 0 Å². The minimum atomic E-state index is -0.620. The van der Waals surface area contributed by atoms with Crippen LogP contribution in [0.4, 0.5) is 0 Å². The largest absolute Gasteiger partial charge is 0.497 e. The molecule has 1 aromatic heterocycles. The number of quaternary nitrogens is 1. The molecule has 2 heterocycles. The lowest BCUT2D eigenvalue weighted by Gasteiger charge is -2.26. The number of ether oxygens (including phenoxy) is 1. The summed E-state index contributed by atoms with van der Waals surface area (Å²) in [6.45, 7) is 6.47. The lowest BCUT2D eigenvalue weighted by Crippen LogP contribution is -3.11. The molecule has 3 N–H and O–H groups in total. The lowest BCUT2D eigenvalue weighted by atomic mass is 10.0. The quantitative estimate of drug-likeness (QED) is 0.582. The van der Waals surface area contributed by atoms with E-state index >= 15 is 0 Å². The van der Waals surface area contributed by atoms with E-state index in [0.29, 0.717) is 17.9 Å². The number of carbonyl (C=O) groups excluding carboxylic acids is 2. The summed E-state index contributed by atoms with van der Waals surface area (Å²) < 4.78 is 10.8. The van der Waals surface area contributed by atoms with Crippen molar-refractivity contribution in [2.24, 2.45) is 5.92 Å². The van der Waals surface area contributed by atoms with Gasteiger partial charge in [0, 0.05) is 18.4 Å². The highest BCUT2D eigenvalue weighted by Crippen LogP contribution is 2.14. The molecule has 2 atom stereocenters. The van der Waals surface area contributed by atoms with Crippen LogP contribution in [0, 0.1) is 5.92 Å². The molecular formula is C23H32N3O4+. The first-order valence-electron chi connectivity index (χ1n) is 10.6. The normalized spacial score (nSPS) is 16.3. The van der Waals surface area contributed by atoms with E-state index in [-0.39, 0.29) is 23.8 Å². The SMILES string of the molecule is COc1ccc(C(=O)N[C@H](C(=O)NC[C@H](c2ccco2)[NH+]2CCCC2)C(C)C)cc1. The molecule has 0 unspecified atom stereocenters. The Kier molecular flexibility index (Phi) is 7.52. The molecule has 7 nitrogen and oxygen atoms in total. The fourth-order valence-electron chi connectivity index (χ4n) is 3.93. The van der Waals surface area contributed by atoms with Crippen molar-refractivity contribution in [3.8, 4) is 5.75 Å². The smallest absolute Gasteiger partial charge is 0.251 e. The second kappa shape index (κ2) is 10.3. The van der Waals surface area contributed by atoms with E-state index in [0.717, 1.165) is 18.8 Å². The maximum Gasteiger partial charge on any atom is 0.251 e. The second-order valence-corrected chi connectivity index (χ2v) is 8.10. The van der Waals surface area contributed by atoms with E-state index < -0.39 is 6.04 Å². The molecule has 2 aromatic rings. The zero-order valence-corrected chi connectivity index (χ0v) is 17.9. The fourth-order valence-corrected chi connectivity index (χ4v) is 3.93. The summed E-state index contributed by atoms with van der Waals surface area (Å²) in [6, 6.07) is 10.1. The third-order valence-corrected chi connectivity index (χ3v) is 5.69. The van der Waals surface area contributed by atoms with Gasteiger partial charge in [-0.25, -0.2) is 0 Å². The zero-order chi connectivity index (χ0) is 21.5. The summed E-state index contributed by atoms with van der Waals surface area (Å²) in [5.41, 5.74) is 0.490. The van der Waals surface area contributed by atoms with Crippen molar-refractivity contribution in [1.82, 2.24) is 10.6 Å². The fraction of sp³-hybridized carbons (Fsp3) is 0.478. The Hall–Kier alpha value is -2.80. The predicted molar refractivity (Wildman–Crippen MR) is 113 cm³/mol. The molecule has 0 saturated carbocycles. The van der Waals surface area contributed by atoms with Gasteiger partial charge in [-0.2, -0.15) is 0 Å². The molecule has 162 valence electrons. The Balaban J connectivity index is 1.63. The molecule has 2 amide bonds. The van der Waals surface area contributed by atoms with E-state index in [1.807, 2.05) is 26.0 Å². The summed E-state index contributed by atoms with van der Waals surface area (Å²) in [4.78, 5) is 27.0. The Morgan fingerprint density at radius 2 is 1.83 bits per heavy atom. The number of nitrogens with one attached hydrogen (secondary N) is 3. The standard InChI is InChI=1S/C23H31N3O4/c1-16(2)21(25-22(27)17-8-10-18(29-3)11-9-17)23(28)24-15-19(20-7-6-14-30-20)26-12-4-5-13-26/h6-11,14,16,19,21H,4-5,12-13,15H2,1-3H3,(H,24,28)(H,25,27)/p+1/t19-,21+/m1/s1. The van der Waals surface area contributed by atoms with Crippen LogP contribution in [-0.4, -0.2) is 44.6 Å². The molecule has 0 bridgehead atoms. The molecule has 1 aliphatic rings. The number of methoxy groups -OCH3 is 1. The van der Waals surface area contributed by atoms with Gasteiger partial charge in [0.2, 0.25) is 5.91 Å². The maximum atomic E-state index is 13.0. The third kappa shape index (κ3) is 5.42. The van der Waals surface area contributed by atoms with Crippen LogP contribution >= 0.6 is 0 Å². The van der Waals surface area contributed by atoms with Crippen LogP contribution in [0.2, 0.25) is 0 Å². The number of rotatable bonds is 9. The van der Waals surface area contributed by atoms with Crippen molar-refractivity contribution < 1.29 is 23.6 Å². The van der Waals surface area contributed by atoms with Crippen molar-refractivity contribution in [2.75, 3.05) is 26.7 Å². The van der Waals surface area contributed by atoms with Gasteiger partial charge in [-0.3, -0.25) is 9.59 Å². The maximum absolute atomic E-state index is 13.0. The molecule has 1 saturated heterocycles. The van der Waals surface area contributed by atoms with Crippen molar-refractivity contribution in [2.45, 2.75) is 38.8 Å². The van der Waals surface area contributed by atoms with Gasteiger partial charge >= 0.3 is 0 Å². The van der Waals surface area contributed by atoms with Gasteiger partial charge in [0.15, 0.2) is 11.8 Å². The highest BCUT2D eigenvalue weighted by molar-refractivity contribution is 5.97. The molecule has 1 fully saturated rings. The van der Waals surface area contributed by atoms with Crippen LogP contribution in [0.5, 0.6) is 5.75 Å². The molecule has 7 heteroatoms. The van der Waals surface area contributed by atoms with Crippen LogP contribution in [0.15, 0.2) is 47.1 Å². The topological polar surface area (TPSA) is 85.0 Å². The number of hydrogen-bond acceptors (Lipinski definition) is 4. The Morgan fingerprint density at radius 3 is 2.40 bits per heavy atom. The first-order chi connectivity index (χ1) is 14.5. The van der Waals surface area contributed by atoms with Gasteiger partial charge in [0.05, 0.1) is 33.0 Å². The Morgan fingerprint density at radius 1 is 1.13 bits per heavy atom. The summed E-state index contributed by atoms with van der Waals surface area (Å²) >= 11 is 0. The number of furan rings is 1. The number of hydrogen-bond donors (Lipinski definition) is 3. The van der Waals surface area contributed by atoms with E-state index in [9.17, 15) is 9.59 Å². The number of likely N-dealkylation sites (tertiary alicyclic amines) is 1. The van der Waals surface area contributed by atoms with Crippen LogP contribution in [0.3, 0.4) is 0 Å². The predicted octanol–water partition coefficient (Wildman–Crippen LogP) is 1.58. The number of benzene rings is 1. The van der Waals surface area contributed by atoms with Crippen LogP contribution in [-0.2, 0) is 4.79 Å². The molecule has 30 heavy (non-hydrogen) atoms. The molecule has 3 rings (SSSR count). The lowest BCUT2D eigenvalue weighted by molar-refractivity contribution is -0.919.